The Morgan fingerprint density at radius 1 is 0.857 bits per heavy atom. The summed E-state index contributed by atoms with van der Waals surface area (Å²) in [5.74, 6) is 0.569. The first kappa shape index (κ1) is 30.5. The zero-order valence-corrected chi connectivity index (χ0v) is 25.5. The van der Waals surface area contributed by atoms with Gasteiger partial charge in [0, 0.05) is 29.3 Å². The van der Waals surface area contributed by atoms with Crippen LogP contribution in [0.4, 0.5) is 21.9 Å². The van der Waals surface area contributed by atoms with Crippen LogP contribution >= 0.6 is 0 Å². The van der Waals surface area contributed by atoms with Crippen LogP contribution < -0.4 is 24.8 Å². The normalized spacial score (nSPS) is 12.0. The van der Waals surface area contributed by atoms with E-state index in [1.54, 1.807) is 48.5 Å². The Bertz CT molecular complexity index is 1890. The molecule has 1 aromatic heterocycles. The van der Waals surface area contributed by atoms with E-state index in [1.165, 1.54) is 19.4 Å². The van der Waals surface area contributed by atoms with Crippen LogP contribution in [0, 0.1) is 0 Å². The van der Waals surface area contributed by atoms with Crippen LogP contribution in [0.3, 0.4) is 0 Å². The second-order valence-electron chi connectivity index (χ2n) is 10.5. The topological polar surface area (TPSA) is 166 Å². The van der Waals surface area contributed by atoms with Crippen molar-refractivity contribution in [3.8, 4) is 17.4 Å². The molecule has 0 saturated carbocycles. The SMILES string of the molecule is COc1c(NC(=O)Nc2ccc(Oc3ccnc(S(C)(=O)=O)n3)c3ccccc23)cc(C(C)(C)C)cc1NS(C)(=O)=O. The summed E-state index contributed by atoms with van der Waals surface area (Å²) in [7, 11) is -5.89. The number of sulfonamides is 1. The number of amides is 2. The van der Waals surface area contributed by atoms with Crippen LogP contribution in [-0.4, -0.2) is 52.5 Å². The molecule has 222 valence electrons. The van der Waals surface area contributed by atoms with Gasteiger partial charge in [-0.1, -0.05) is 45.0 Å². The molecule has 3 aromatic carbocycles. The number of hydrogen-bond donors (Lipinski definition) is 3. The van der Waals surface area contributed by atoms with Gasteiger partial charge in [-0.2, -0.15) is 4.98 Å². The van der Waals surface area contributed by atoms with Gasteiger partial charge in [-0.3, -0.25) is 4.72 Å². The molecule has 0 fully saturated rings. The summed E-state index contributed by atoms with van der Waals surface area (Å²) >= 11 is 0. The molecule has 0 aliphatic heterocycles. The largest absolute Gasteiger partial charge is 0.492 e. The van der Waals surface area contributed by atoms with E-state index < -0.39 is 25.9 Å². The van der Waals surface area contributed by atoms with E-state index in [2.05, 4.69) is 25.3 Å². The van der Waals surface area contributed by atoms with Gasteiger partial charge in [-0.05, 0) is 35.2 Å². The van der Waals surface area contributed by atoms with Crippen LogP contribution in [0.15, 0.2) is 66.0 Å². The molecule has 0 bridgehead atoms. The molecule has 1 heterocycles. The molecule has 0 radical (unpaired) electrons. The van der Waals surface area contributed by atoms with Crippen molar-refractivity contribution < 1.29 is 31.1 Å². The average Bonchev–Trinajstić information content (AvgIpc) is 2.88. The molecular formula is C28H31N5O7S2. The predicted molar refractivity (Wildman–Crippen MR) is 162 cm³/mol. The van der Waals surface area contributed by atoms with E-state index in [1.807, 2.05) is 20.8 Å². The average molecular weight is 614 g/mol. The van der Waals surface area contributed by atoms with E-state index >= 15 is 0 Å². The molecule has 0 aliphatic rings. The van der Waals surface area contributed by atoms with Gasteiger partial charge in [0.25, 0.3) is 0 Å². The number of carbonyl (C=O) groups is 1. The standard InChI is InChI=1S/C28H31N5O7S2/c1-28(2,3)17-15-21(25(39-4)22(16-17)33-42(6,37)38)31-26(34)30-20-11-12-23(19-10-8-7-9-18(19)20)40-24-13-14-29-27(32-24)41(5,35)36/h7-16,33H,1-6H3,(H2,30,31,34). The smallest absolute Gasteiger partial charge is 0.323 e. The van der Waals surface area contributed by atoms with Crippen molar-refractivity contribution in [2.45, 2.75) is 31.3 Å². The third kappa shape index (κ3) is 7.25. The van der Waals surface area contributed by atoms with Crippen molar-refractivity contribution in [2.24, 2.45) is 0 Å². The number of nitrogens with zero attached hydrogens (tertiary/aromatic N) is 2. The fraction of sp³-hybridized carbons (Fsp3) is 0.250. The van der Waals surface area contributed by atoms with E-state index in [9.17, 15) is 21.6 Å². The lowest BCUT2D eigenvalue weighted by molar-refractivity contribution is 0.262. The highest BCUT2D eigenvalue weighted by Gasteiger charge is 2.22. The van der Waals surface area contributed by atoms with E-state index in [-0.39, 0.29) is 33.6 Å². The first-order chi connectivity index (χ1) is 19.5. The summed E-state index contributed by atoms with van der Waals surface area (Å²) in [6.07, 6.45) is 3.33. The number of rotatable bonds is 8. The van der Waals surface area contributed by atoms with Crippen LogP contribution in [0.25, 0.3) is 10.8 Å². The number of methoxy groups -OCH3 is 1. The van der Waals surface area contributed by atoms with Crippen LogP contribution in [0.2, 0.25) is 0 Å². The van der Waals surface area contributed by atoms with Crippen LogP contribution in [-0.2, 0) is 25.3 Å². The highest BCUT2D eigenvalue weighted by atomic mass is 32.2. The minimum atomic E-state index is -3.63. The fourth-order valence-electron chi connectivity index (χ4n) is 4.07. The molecular weight excluding hydrogens is 582 g/mol. The maximum Gasteiger partial charge on any atom is 0.323 e. The maximum absolute atomic E-state index is 13.2. The van der Waals surface area contributed by atoms with Crippen LogP contribution in [0.5, 0.6) is 17.4 Å². The van der Waals surface area contributed by atoms with Crippen molar-refractivity contribution >= 4 is 53.7 Å². The molecule has 0 aliphatic carbocycles. The van der Waals surface area contributed by atoms with Gasteiger partial charge in [0.05, 0.1) is 30.4 Å². The highest BCUT2D eigenvalue weighted by molar-refractivity contribution is 7.92. The van der Waals surface area contributed by atoms with Gasteiger partial charge < -0.3 is 20.1 Å². The van der Waals surface area contributed by atoms with Crippen molar-refractivity contribution in [1.82, 2.24) is 9.97 Å². The number of hydrogen-bond acceptors (Lipinski definition) is 9. The molecule has 42 heavy (non-hydrogen) atoms. The Morgan fingerprint density at radius 3 is 2.12 bits per heavy atom. The monoisotopic (exact) mass is 613 g/mol. The fourth-order valence-corrected chi connectivity index (χ4v) is 5.13. The number of fused-ring (bicyclic) bond motifs is 1. The summed E-state index contributed by atoms with van der Waals surface area (Å²) in [4.78, 5) is 21.0. The maximum atomic E-state index is 13.2. The van der Waals surface area contributed by atoms with Gasteiger partial charge in [-0.15, -0.1) is 0 Å². The number of ether oxygens (including phenoxy) is 2. The third-order valence-electron chi connectivity index (χ3n) is 5.99. The highest BCUT2D eigenvalue weighted by Crippen LogP contribution is 2.39. The van der Waals surface area contributed by atoms with E-state index in [4.69, 9.17) is 9.47 Å². The van der Waals surface area contributed by atoms with Gasteiger partial charge in [-0.25, -0.2) is 26.6 Å². The number of urea groups is 1. The van der Waals surface area contributed by atoms with Crippen molar-refractivity contribution in [3.05, 3.63) is 66.4 Å². The molecule has 4 aromatic rings. The number of sulfone groups is 1. The molecule has 0 unspecified atom stereocenters. The number of carbonyl (C=O) groups excluding carboxylic acids is 1. The summed E-state index contributed by atoms with van der Waals surface area (Å²) < 4.78 is 61.6. The number of anilines is 3. The Hall–Kier alpha value is -4.43. The Balaban J connectivity index is 1.66. The Kier molecular flexibility index (Phi) is 8.32. The lowest BCUT2D eigenvalue weighted by atomic mass is 9.86. The second kappa shape index (κ2) is 11.4. The summed E-state index contributed by atoms with van der Waals surface area (Å²) in [6.45, 7) is 5.88. The first-order valence-corrected chi connectivity index (χ1v) is 16.3. The quantitative estimate of drug-likeness (QED) is 0.228. The zero-order valence-electron chi connectivity index (χ0n) is 23.8. The predicted octanol–water partition coefficient (Wildman–Crippen LogP) is 5.15. The Morgan fingerprint density at radius 2 is 1.50 bits per heavy atom. The second-order valence-corrected chi connectivity index (χ2v) is 14.2. The minimum Gasteiger partial charge on any atom is -0.492 e. The van der Waals surface area contributed by atoms with Gasteiger partial charge >= 0.3 is 6.03 Å². The molecule has 12 nitrogen and oxygen atoms in total. The number of benzene rings is 3. The third-order valence-corrected chi connectivity index (χ3v) is 7.44. The van der Waals surface area contributed by atoms with E-state index in [0.29, 0.717) is 22.2 Å². The van der Waals surface area contributed by atoms with Crippen molar-refractivity contribution in [1.29, 1.82) is 0 Å². The number of nitrogens with one attached hydrogen (secondary N) is 3. The van der Waals surface area contributed by atoms with Gasteiger partial charge in [0.15, 0.2) is 5.75 Å². The summed E-state index contributed by atoms with van der Waals surface area (Å²) in [5, 5.41) is 6.50. The lowest BCUT2D eigenvalue weighted by Gasteiger charge is -2.24. The minimum absolute atomic E-state index is 0.0402. The molecule has 3 N–H and O–H groups in total. The van der Waals surface area contributed by atoms with Gasteiger partial charge in [0.1, 0.15) is 5.75 Å². The summed E-state index contributed by atoms with van der Waals surface area (Å²) in [6, 6.07) is 14.6. The molecule has 2 amide bonds. The molecule has 14 heteroatoms. The van der Waals surface area contributed by atoms with E-state index in [0.717, 1.165) is 18.1 Å². The first-order valence-electron chi connectivity index (χ1n) is 12.6. The van der Waals surface area contributed by atoms with Crippen LogP contribution in [0.1, 0.15) is 26.3 Å². The van der Waals surface area contributed by atoms with Gasteiger partial charge in [0.2, 0.25) is 30.9 Å². The number of aromatic nitrogens is 2. The lowest BCUT2D eigenvalue weighted by Crippen LogP contribution is -2.22. The van der Waals surface area contributed by atoms with Crippen molar-refractivity contribution in [2.75, 3.05) is 35.0 Å². The zero-order chi connectivity index (χ0) is 30.9. The molecule has 0 saturated heterocycles. The Labute approximate surface area is 244 Å². The summed E-state index contributed by atoms with van der Waals surface area (Å²) in [5.41, 5.74) is 1.31. The molecule has 0 spiro atoms. The molecule has 0 atom stereocenters. The van der Waals surface area contributed by atoms with Crippen molar-refractivity contribution in [3.63, 3.8) is 0 Å². The molecule has 4 rings (SSSR count).